The zero-order chi connectivity index (χ0) is 4.24. The number of ether oxygens (including phenoxy) is 2. The van der Waals surface area contributed by atoms with Crippen LogP contribution in [0.3, 0.4) is 0 Å². The van der Waals surface area contributed by atoms with Gasteiger partial charge in [0.25, 0.3) is 0 Å². The molecule has 0 unspecified atom stereocenters. The molecule has 1 fully saturated rings. The van der Waals surface area contributed by atoms with Crippen LogP contribution in [0.1, 0.15) is 0 Å². The summed E-state index contributed by atoms with van der Waals surface area (Å²) in [6.07, 6.45) is 0. The van der Waals surface area contributed by atoms with E-state index in [1.807, 2.05) is 0 Å². The molecule has 0 aromatic rings. The van der Waals surface area contributed by atoms with E-state index in [0.717, 1.165) is 26.4 Å². The van der Waals surface area contributed by atoms with Gasteiger partial charge in [-0.25, -0.2) is 0 Å². The average Bonchev–Trinajstić information content (AvgIpc) is 1.72. The summed E-state index contributed by atoms with van der Waals surface area (Å²) >= 11 is 0. The summed E-state index contributed by atoms with van der Waals surface area (Å²) in [5.41, 5.74) is 0. The Kier molecular flexibility index (Phi) is 21.7. The van der Waals surface area contributed by atoms with Crippen molar-refractivity contribution < 1.29 is 34.3 Å². The number of rotatable bonds is 0. The molecular formula is C4H10Cl2GeO2. The SMILES string of the molecule is C1COCCO1.[Cl-].[Cl-].[GeH2+2]. The third-order valence-electron chi connectivity index (χ3n) is 0.744. The van der Waals surface area contributed by atoms with Crippen LogP contribution in [0.4, 0.5) is 0 Å². The Morgan fingerprint density at radius 1 is 0.667 bits per heavy atom. The Hall–Kier alpha value is 1.04. The summed E-state index contributed by atoms with van der Waals surface area (Å²) in [5.74, 6) is 0. The Bertz CT molecular complexity index is 32.0. The molecule has 1 rings (SSSR count). The van der Waals surface area contributed by atoms with Gasteiger partial charge >= 0.3 is 17.6 Å². The molecule has 0 spiro atoms. The number of hydrogen-bond acceptors (Lipinski definition) is 2. The first-order valence-corrected chi connectivity index (χ1v) is 2.15. The van der Waals surface area contributed by atoms with Crippen LogP contribution >= 0.6 is 0 Å². The number of hydrogen-bond donors (Lipinski definition) is 0. The Morgan fingerprint density at radius 2 is 0.889 bits per heavy atom. The van der Waals surface area contributed by atoms with Gasteiger partial charge in [0.2, 0.25) is 0 Å². The van der Waals surface area contributed by atoms with Gasteiger partial charge in [0.15, 0.2) is 0 Å². The molecular weight excluding hydrogens is 224 g/mol. The van der Waals surface area contributed by atoms with Crippen molar-refractivity contribution in [3.05, 3.63) is 0 Å². The number of halogens is 2. The van der Waals surface area contributed by atoms with Gasteiger partial charge in [0, 0.05) is 0 Å². The zero-order valence-electron chi connectivity index (χ0n) is 5.11. The molecule has 1 aliphatic rings. The summed E-state index contributed by atoms with van der Waals surface area (Å²) in [4.78, 5) is 0. The van der Waals surface area contributed by atoms with Crippen LogP contribution in [-0.4, -0.2) is 44.0 Å². The van der Waals surface area contributed by atoms with Crippen molar-refractivity contribution in [1.29, 1.82) is 0 Å². The van der Waals surface area contributed by atoms with Crippen LogP contribution in [0.5, 0.6) is 0 Å². The van der Waals surface area contributed by atoms with Gasteiger partial charge in [-0.15, -0.1) is 0 Å². The quantitative estimate of drug-likeness (QED) is 0.388. The fraction of sp³-hybridized carbons (Fsp3) is 1.00. The second-order valence-electron chi connectivity index (χ2n) is 1.22. The van der Waals surface area contributed by atoms with E-state index in [9.17, 15) is 0 Å². The molecule has 56 valence electrons. The second-order valence-corrected chi connectivity index (χ2v) is 1.22. The van der Waals surface area contributed by atoms with Crippen molar-refractivity contribution in [3.8, 4) is 0 Å². The molecule has 1 saturated heterocycles. The first kappa shape index (κ1) is 16.6. The first-order chi connectivity index (χ1) is 3.00. The summed E-state index contributed by atoms with van der Waals surface area (Å²) in [6.45, 7) is 3.11. The van der Waals surface area contributed by atoms with Crippen molar-refractivity contribution in [2.75, 3.05) is 26.4 Å². The van der Waals surface area contributed by atoms with E-state index >= 15 is 0 Å². The van der Waals surface area contributed by atoms with E-state index in [2.05, 4.69) is 0 Å². The van der Waals surface area contributed by atoms with E-state index in [4.69, 9.17) is 9.47 Å². The molecule has 0 amide bonds. The van der Waals surface area contributed by atoms with Gasteiger partial charge in [-0.05, 0) is 0 Å². The van der Waals surface area contributed by atoms with E-state index in [0.29, 0.717) is 0 Å². The van der Waals surface area contributed by atoms with Crippen molar-refractivity contribution in [2.45, 2.75) is 0 Å². The van der Waals surface area contributed by atoms with Crippen molar-refractivity contribution in [1.82, 2.24) is 0 Å². The maximum absolute atomic E-state index is 4.94. The maximum atomic E-state index is 4.94. The molecule has 0 saturated carbocycles. The van der Waals surface area contributed by atoms with Crippen LogP contribution in [0.2, 0.25) is 0 Å². The molecule has 0 aliphatic carbocycles. The molecule has 0 atom stereocenters. The van der Waals surface area contributed by atoms with Gasteiger partial charge in [-0.3, -0.25) is 0 Å². The van der Waals surface area contributed by atoms with Gasteiger partial charge in [0.05, 0.1) is 26.4 Å². The second kappa shape index (κ2) is 11.8. The molecule has 1 heterocycles. The van der Waals surface area contributed by atoms with Crippen LogP contribution < -0.4 is 24.8 Å². The summed E-state index contributed by atoms with van der Waals surface area (Å²) in [5, 5.41) is 0. The van der Waals surface area contributed by atoms with E-state index < -0.39 is 0 Å². The Labute approximate surface area is 78.5 Å². The minimum atomic E-state index is 0. The fourth-order valence-electron chi connectivity index (χ4n) is 0.440. The first-order valence-electron chi connectivity index (χ1n) is 2.15. The van der Waals surface area contributed by atoms with Gasteiger partial charge in [-0.1, -0.05) is 0 Å². The van der Waals surface area contributed by atoms with E-state index in [1.54, 1.807) is 0 Å². The van der Waals surface area contributed by atoms with Crippen molar-refractivity contribution >= 4 is 17.6 Å². The summed E-state index contributed by atoms with van der Waals surface area (Å²) in [7, 11) is 0. The standard InChI is InChI=1S/C4H8O2.2ClH.GeH2/c1-2-6-4-3-5-1;;;/h1-4H2;2*1H;1H2/q;;;+2/p-2. The molecule has 0 N–H and O–H groups in total. The molecule has 0 radical (unpaired) electrons. The average molecular weight is 234 g/mol. The van der Waals surface area contributed by atoms with Gasteiger partial charge < -0.3 is 34.3 Å². The normalized spacial score (nSPS) is 16.0. The van der Waals surface area contributed by atoms with Crippen molar-refractivity contribution in [3.63, 3.8) is 0 Å². The van der Waals surface area contributed by atoms with Crippen LogP contribution in [0, 0.1) is 0 Å². The van der Waals surface area contributed by atoms with Crippen LogP contribution in [0.15, 0.2) is 0 Å². The van der Waals surface area contributed by atoms with Gasteiger partial charge in [0.1, 0.15) is 0 Å². The molecule has 5 heteroatoms. The molecule has 2 nitrogen and oxygen atoms in total. The molecule has 1 aliphatic heterocycles. The van der Waals surface area contributed by atoms with E-state index in [-0.39, 0.29) is 42.4 Å². The zero-order valence-corrected chi connectivity index (χ0v) is 9.59. The molecule has 0 aromatic heterocycles. The van der Waals surface area contributed by atoms with E-state index in [1.165, 1.54) is 0 Å². The summed E-state index contributed by atoms with van der Waals surface area (Å²) in [6, 6.07) is 0. The predicted molar refractivity (Wildman–Crippen MR) is 30.2 cm³/mol. The fourth-order valence-corrected chi connectivity index (χ4v) is 0.440. The van der Waals surface area contributed by atoms with Gasteiger partial charge in [-0.2, -0.15) is 0 Å². The molecule has 0 bridgehead atoms. The monoisotopic (exact) mass is 234 g/mol. The molecule has 9 heavy (non-hydrogen) atoms. The molecule has 0 aromatic carbocycles. The Balaban J connectivity index is -0.000000120. The third kappa shape index (κ3) is 9.04. The van der Waals surface area contributed by atoms with Crippen LogP contribution in [-0.2, 0) is 9.47 Å². The Morgan fingerprint density at radius 3 is 1.00 bits per heavy atom. The topological polar surface area (TPSA) is 18.5 Å². The predicted octanol–water partition coefficient (Wildman–Crippen LogP) is -6.87. The van der Waals surface area contributed by atoms with Crippen molar-refractivity contribution in [2.24, 2.45) is 0 Å². The van der Waals surface area contributed by atoms with Crippen LogP contribution in [0.25, 0.3) is 0 Å². The third-order valence-corrected chi connectivity index (χ3v) is 0.744. The summed E-state index contributed by atoms with van der Waals surface area (Å²) < 4.78 is 9.89. The minimum absolute atomic E-state index is 0.